The molecular weight excluding hydrogens is 382 g/mol. The molecule has 30 heavy (non-hydrogen) atoms. The molecular formula is C23H21N3O4. The molecule has 2 aromatic rings. The first-order valence-corrected chi connectivity index (χ1v) is 10.1. The molecule has 1 atom stereocenters. The number of piperidine rings is 1. The third kappa shape index (κ3) is 2.92. The van der Waals surface area contributed by atoms with E-state index in [2.05, 4.69) is 6.07 Å². The van der Waals surface area contributed by atoms with Crippen LogP contribution >= 0.6 is 0 Å². The minimum Gasteiger partial charge on any atom is -0.454 e. The third-order valence-electron chi connectivity index (χ3n) is 6.37. The Bertz CT molecular complexity index is 1040. The highest BCUT2D eigenvalue weighted by Crippen LogP contribution is 2.39. The molecule has 0 unspecified atom stereocenters. The van der Waals surface area contributed by atoms with Crippen LogP contribution in [-0.2, 0) is 15.0 Å². The van der Waals surface area contributed by atoms with Crippen LogP contribution in [0.4, 0.5) is 5.69 Å². The summed E-state index contributed by atoms with van der Waals surface area (Å²) in [5.41, 5.74) is 0.979. The molecule has 0 N–H and O–H groups in total. The molecule has 3 aliphatic rings. The summed E-state index contributed by atoms with van der Waals surface area (Å²) in [7, 11) is 0. The first-order valence-electron chi connectivity index (χ1n) is 10.1. The topological polar surface area (TPSA) is 82.9 Å². The SMILES string of the molecule is N#CC1(c2ccccc2)CCN([C@H]2CC(=O)N(c3ccc4c(c3)OCO4)C2=O)CC1. The number of carbonyl (C=O) groups excluding carboxylic acids is 2. The van der Waals surface area contributed by atoms with E-state index in [0.717, 1.165) is 5.56 Å². The van der Waals surface area contributed by atoms with Gasteiger partial charge in [0.15, 0.2) is 11.5 Å². The van der Waals surface area contributed by atoms with Crippen molar-refractivity contribution in [1.82, 2.24) is 4.90 Å². The molecule has 0 saturated carbocycles. The Morgan fingerprint density at radius 3 is 2.47 bits per heavy atom. The lowest BCUT2D eigenvalue weighted by atomic mass is 9.74. The predicted octanol–water partition coefficient (Wildman–Crippen LogP) is 2.60. The number of amides is 2. The van der Waals surface area contributed by atoms with E-state index in [9.17, 15) is 14.9 Å². The highest BCUT2D eigenvalue weighted by molar-refractivity contribution is 6.22. The summed E-state index contributed by atoms with van der Waals surface area (Å²) < 4.78 is 10.7. The maximum Gasteiger partial charge on any atom is 0.251 e. The molecule has 0 radical (unpaired) electrons. The molecule has 0 spiro atoms. The van der Waals surface area contributed by atoms with Crippen molar-refractivity contribution >= 4 is 17.5 Å². The number of carbonyl (C=O) groups is 2. The molecule has 3 heterocycles. The van der Waals surface area contributed by atoms with E-state index < -0.39 is 11.5 Å². The van der Waals surface area contributed by atoms with Gasteiger partial charge < -0.3 is 9.47 Å². The molecule has 2 aromatic carbocycles. The van der Waals surface area contributed by atoms with Gasteiger partial charge in [-0.05, 0) is 30.5 Å². The minimum atomic E-state index is -0.541. The number of rotatable bonds is 3. The van der Waals surface area contributed by atoms with Crippen molar-refractivity contribution < 1.29 is 19.1 Å². The van der Waals surface area contributed by atoms with Crippen LogP contribution in [0.2, 0.25) is 0 Å². The summed E-state index contributed by atoms with van der Waals surface area (Å²) in [6, 6.07) is 16.9. The van der Waals surface area contributed by atoms with E-state index >= 15 is 0 Å². The van der Waals surface area contributed by atoms with Gasteiger partial charge in [-0.15, -0.1) is 0 Å². The highest BCUT2D eigenvalue weighted by Gasteiger charge is 2.46. The molecule has 5 rings (SSSR count). The lowest BCUT2D eigenvalue weighted by molar-refractivity contribution is -0.123. The van der Waals surface area contributed by atoms with E-state index in [1.807, 2.05) is 35.2 Å². The number of imide groups is 1. The lowest BCUT2D eigenvalue weighted by Gasteiger charge is -2.39. The van der Waals surface area contributed by atoms with Gasteiger partial charge in [-0.1, -0.05) is 30.3 Å². The van der Waals surface area contributed by atoms with Crippen molar-refractivity contribution in [1.29, 1.82) is 5.26 Å². The van der Waals surface area contributed by atoms with Gasteiger partial charge in [0.25, 0.3) is 5.91 Å². The number of nitrogens with zero attached hydrogens (tertiary/aromatic N) is 3. The summed E-state index contributed by atoms with van der Waals surface area (Å²) in [6.07, 6.45) is 1.42. The summed E-state index contributed by atoms with van der Waals surface area (Å²) in [5.74, 6) is 0.711. The number of likely N-dealkylation sites (tertiary alicyclic amines) is 1. The Labute approximate surface area is 174 Å². The maximum atomic E-state index is 13.1. The Morgan fingerprint density at radius 1 is 1.00 bits per heavy atom. The quantitative estimate of drug-likeness (QED) is 0.733. The van der Waals surface area contributed by atoms with Crippen molar-refractivity contribution in [3.63, 3.8) is 0 Å². The van der Waals surface area contributed by atoms with Crippen molar-refractivity contribution in [2.75, 3.05) is 24.8 Å². The predicted molar refractivity (Wildman–Crippen MR) is 108 cm³/mol. The van der Waals surface area contributed by atoms with E-state index in [4.69, 9.17) is 9.47 Å². The lowest BCUT2D eigenvalue weighted by Crippen LogP contribution is -2.49. The molecule has 2 amide bonds. The summed E-state index contributed by atoms with van der Waals surface area (Å²) in [4.78, 5) is 29.1. The zero-order valence-electron chi connectivity index (χ0n) is 16.4. The first kappa shape index (κ1) is 18.6. The molecule has 2 fully saturated rings. The van der Waals surface area contributed by atoms with Crippen LogP contribution in [0.5, 0.6) is 11.5 Å². The highest BCUT2D eigenvalue weighted by atomic mass is 16.7. The first-order chi connectivity index (χ1) is 14.6. The average Bonchev–Trinajstić information content (AvgIpc) is 3.37. The number of benzene rings is 2. The Morgan fingerprint density at radius 2 is 1.73 bits per heavy atom. The number of hydrogen-bond donors (Lipinski definition) is 0. The fourth-order valence-electron chi connectivity index (χ4n) is 4.64. The zero-order chi connectivity index (χ0) is 20.7. The van der Waals surface area contributed by atoms with Gasteiger partial charge in [-0.2, -0.15) is 5.26 Å². The van der Waals surface area contributed by atoms with E-state index in [1.54, 1.807) is 18.2 Å². The molecule has 0 aliphatic carbocycles. The normalized spacial score (nSPS) is 22.9. The van der Waals surface area contributed by atoms with Crippen molar-refractivity contribution in [3.05, 3.63) is 54.1 Å². The molecule has 0 aromatic heterocycles. The van der Waals surface area contributed by atoms with Crippen LogP contribution in [0.1, 0.15) is 24.8 Å². The molecule has 0 bridgehead atoms. The summed E-state index contributed by atoms with van der Waals surface area (Å²) >= 11 is 0. The molecule has 2 saturated heterocycles. The zero-order valence-corrected chi connectivity index (χ0v) is 16.4. The van der Waals surface area contributed by atoms with Crippen LogP contribution in [0.15, 0.2) is 48.5 Å². The second-order valence-corrected chi connectivity index (χ2v) is 7.92. The number of fused-ring (bicyclic) bond motifs is 1. The van der Waals surface area contributed by atoms with Gasteiger partial charge in [-0.25, -0.2) is 4.90 Å². The summed E-state index contributed by atoms with van der Waals surface area (Å²) in [5, 5.41) is 9.89. The molecule has 7 nitrogen and oxygen atoms in total. The second kappa shape index (κ2) is 7.15. The van der Waals surface area contributed by atoms with Crippen LogP contribution < -0.4 is 14.4 Å². The third-order valence-corrected chi connectivity index (χ3v) is 6.37. The van der Waals surface area contributed by atoms with Crippen molar-refractivity contribution in [3.8, 4) is 17.6 Å². The van der Waals surface area contributed by atoms with Gasteiger partial charge >= 0.3 is 0 Å². The Hall–Kier alpha value is -3.37. The fraction of sp³-hybridized carbons (Fsp3) is 0.348. The second-order valence-electron chi connectivity index (χ2n) is 7.92. The monoisotopic (exact) mass is 403 g/mol. The Kier molecular flexibility index (Phi) is 4.44. The van der Waals surface area contributed by atoms with Crippen LogP contribution in [0.3, 0.4) is 0 Å². The maximum absolute atomic E-state index is 13.1. The molecule has 7 heteroatoms. The van der Waals surface area contributed by atoms with E-state index in [-0.39, 0.29) is 25.0 Å². The van der Waals surface area contributed by atoms with Gasteiger partial charge in [0.05, 0.1) is 29.6 Å². The minimum absolute atomic E-state index is 0.138. The van der Waals surface area contributed by atoms with E-state index in [0.29, 0.717) is 43.1 Å². The number of anilines is 1. The van der Waals surface area contributed by atoms with Gasteiger partial charge in [0.2, 0.25) is 12.7 Å². The van der Waals surface area contributed by atoms with Crippen LogP contribution in [0.25, 0.3) is 0 Å². The van der Waals surface area contributed by atoms with Gasteiger partial charge in [0.1, 0.15) is 0 Å². The van der Waals surface area contributed by atoms with E-state index in [1.165, 1.54) is 4.90 Å². The van der Waals surface area contributed by atoms with Gasteiger partial charge in [0, 0.05) is 19.2 Å². The van der Waals surface area contributed by atoms with Crippen LogP contribution in [0, 0.1) is 11.3 Å². The smallest absolute Gasteiger partial charge is 0.251 e. The standard InChI is InChI=1S/C23H21N3O4/c24-14-23(16-4-2-1-3-5-16)8-10-25(11-9-23)18-13-21(27)26(22(18)28)17-6-7-19-20(12-17)30-15-29-19/h1-7,12,18H,8-11,13,15H2/t18-/m0/s1. The van der Waals surface area contributed by atoms with Gasteiger partial charge in [-0.3, -0.25) is 14.5 Å². The number of ether oxygens (including phenoxy) is 2. The molecule has 152 valence electrons. The van der Waals surface area contributed by atoms with Crippen LogP contribution in [-0.4, -0.2) is 42.6 Å². The number of hydrogen-bond acceptors (Lipinski definition) is 6. The summed E-state index contributed by atoms with van der Waals surface area (Å²) in [6.45, 7) is 1.33. The van der Waals surface area contributed by atoms with Crippen molar-refractivity contribution in [2.24, 2.45) is 0 Å². The number of nitriles is 1. The molecule has 3 aliphatic heterocycles. The Balaban J connectivity index is 1.33. The van der Waals surface area contributed by atoms with Crippen molar-refractivity contribution in [2.45, 2.75) is 30.7 Å². The largest absolute Gasteiger partial charge is 0.454 e. The fourth-order valence-corrected chi connectivity index (χ4v) is 4.64. The average molecular weight is 403 g/mol.